The van der Waals surface area contributed by atoms with Crippen LogP contribution in [0, 0.1) is 20.8 Å². The van der Waals surface area contributed by atoms with E-state index in [1.54, 1.807) is 0 Å². The molecule has 2 N–H and O–H groups in total. The molecule has 0 saturated heterocycles. The van der Waals surface area contributed by atoms with E-state index in [-0.39, 0.29) is 12.5 Å². The Morgan fingerprint density at radius 3 is 2.27 bits per heavy atom. The highest BCUT2D eigenvalue weighted by Gasteiger charge is 2.11. The Morgan fingerprint density at radius 1 is 1.27 bits per heavy atom. The lowest BCUT2D eigenvalue weighted by atomic mass is 9.99. The second-order valence-electron chi connectivity index (χ2n) is 3.75. The number of aryl methyl sites for hydroxylation is 3. The van der Waals surface area contributed by atoms with Crippen LogP contribution in [0.4, 0.5) is 0 Å². The predicted octanol–water partition coefficient (Wildman–Crippen LogP) is 1.33. The van der Waals surface area contributed by atoms with Gasteiger partial charge in [-0.05, 0) is 31.9 Å². The van der Waals surface area contributed by atoms with E-state index in [9.17, 15) is 4.79 Å². The largest absolute Gasteiger partial charge is 0.395 e. The third kappa shape index (κ3) is 2.80. The van der Waals surface area contributed by atoms with Crippen molar-refractivity contribution in [3.05, 3.63) is 34.4 Å². The van der Waals surface area contributed by atoms with Crippen LogP contribution >= 0.6 is 0 Å². The topological polar surface area (TPSA) is 49.3 Å². The molecule has 0 radical (unpaired) electrons. The van der Waals surface area contributed by atoms with Crippen molar-refractivity contribution in [3.8, 4) is 0 Å². The first-order valence-corrected chi connectivity index (χ1v) is 5.03. The van der Waals surface area contributed by atoms with E-state index >= 15 is 0 Å². The first-order valence-electron chi connectivity index (χ1n) is 5.03. The Balaban J connectivity index is 2.98. The minimum atomic E-state index is -0.112. The molecule has 1 rings (SSSR count). The van der Waals surface area contributed by atoms with Gasteiger partial charge < -0.3 is 10.4 Å². The van der Waals surface area contributed by atoms with Gasteiger partial charge in [0.15, 0.2) is 0 Å². The quantitative estimate of drug-likeness (QED) is 0.785. The van der Waals surface area contributed by atoms with Crippen LogP contribution in [0.15, 0.2) is 12.1 Å². The van der Waals surface area contributed by atoms with Crippen molar-refractivity contribution in [2.45, 2.75) is 20.8 Å². The van der Waals surface area contributed by atoms with Gasteiger partial charge in [0, 0.05) is 12.1 Å². The highest BCUT2D eigenvalue weighted by Crippen LogP contribution is 2.15. The monoisotopic (exact) mass is 207 g/mol. The molecule has 0 aliphatic rings. The summed E-state index contributed by atoms with van der Waals surface area (Å²) in [5.41, 5.74) is 3.82. The van der Waals surface area contributed by atoms with Crippen LogP contribution in [0.25, 0.3) is 0 Å². The van der Waals surface area contributed by atoms with Crippen LogP contribution in [0.2, 0.25) is 0 Å². The van der Waals surface area contributed by atoms with Crippen molar-refractivity contribution in [1.82, 2.24) is 5.32 Å². The zero-order chi connectivity index (χ0) is 11.4. The average Bonchev–Trinajstić information content (AvgIpc) is 2.12. The molecule has 0 spiro atoms. The van der Waals surface area contributed by atoms with Crippen molar-refractivity contribution in [2.24, 2.45) is 0 Å². The van der Waals surface area contributed by atoms with Gasteiger partial charge in [0.25, 0.3) is 5.91 Å². The summed E-state index contributed by atoms with van der Waals surface area (Å²) >= 11 is 0. The van der Waals surface area contributed by atoms with E-state index in [4.69, 9.17) is 5.11 Å². The van der Waals surface area contributed by atoms with Gasteiger partial charge in [-0.25, -0.2) is 0 Å². The Kier molecular flexibility index (Phi) is 3.86. The lowest BCUT2D eigenvalue weighted by Gasteiger charge is -2.10. The number of carbonyl (C=O) groups is 1. The number of hydrogen-bond acceptors (Lipinski definition) is 2. The van der Waals surface area contributed by atoms with E-state index in [0.29, 0.717) is 12.1 Å². The van der Waals surface area contributed by atoms with Gasteiger partial charge in [0.2, 0.25) is 0 Å². The number of aliphatic hydroxyl groups excluding tert-OH is 1. The van der Waals surface area contributed by atoms with Crippen LogP contribution in [-0.4, -0.2) is 24.2 Å². The van der Waals surface area contributed by atoms with Gasteiger partial charge in [-0.2, -0.15) is 0 Å². The molecular weight excluding hydrogens is 190 g/mol. The number of amides is 1. The fraction of sp³-hybridized carbons (Fsp3) is 0.417. The smallest absolute Gasteiger partial charge is 0.251 e. The Labute approximate surface area is 90.1 Å². The molecule has 0 aliphatic heterocycles. The maximum Gasteiger partial charge on any atom is 0.251 e. The minimum Gasteiger partial charge on any atom is -0.395 e. The van der Waals surface area contributed by atoms with Crippen LogP contribution in [0.5, 0.6) is 0 Å². The summed E-state index contributed by atoms with van der Waals surface area (Å²) in [6.45, 7) is 6.12. The Hall–Kier alpha value is -1.35. The molecule has 1 aromatic carbocycles. The van der Waals surface area contributed by atoms with Crippen LogP contribution < -0.4 is 5.32 Å². The van der Waals surface area contributed by atoms with Crippen LogP contribution in [0.1, 0.15) is 27.0 Å². The molecule has 0 atom stereocenters. The highest BCUT2D eigenvalue weighted by atomic mass is 16.3. The molecule has 3 nitrogen and oxygen atoms in total. The minimum absolute atomic E-state index is 0.0320. The number of benzene rings is 1. The summed E-state index contributed by atoms with van der Waals surface area (Å²) in [5.74, 6) is -0.112. The van der Waals surface area contributed by atoms with E-state index in [0.717, 1.165) is 16.7 Å². The van der Waals surface area contributed by atoms with Crippen molar-refractivity contribution in [3.63, 3.8) is 0 Å². The predicted molar refractivity (Wildman–Crippen MR) is 60.1 cm³/mol. The lowest BCUT2D eigenvalue weighted by Crippen LogP contribution is -2.27. The molecular formula is C12H17NO2. The van der Waals surface area contributed by atoms with Gasteiger partial charge in [0.1, 0.15) is 0 Å². The van der Waals surface area contributed by atoms with E-state index < -0.39 is 0 Å². The fourth-order valence-electron chi connectivity index (χ4n) is 1.80. The van der Waals surface area contributed by atoms with Crippen molar-refractivity contribution >= 4 is 5.91 Å². The second kappa shape index (κ2) is 4.94. The van der Waals surface area contributed by atoms with Crippen molar-refractivity contribution in [2.75, 3.05) is 13.2 Å². The summed E-state index contributed by atoms with van der Waals surface area (Å²) in [5, 5.41) is 11.3. The van der Waals surface area contributed by atoms with Crippen LogP contribution in [-0.2, 0) is 0 Å². The molecule has 0 aliphatic carbocycles. The van der Waals surface area contributed by atoms with Gasteiger partial charge in [-0.15, -0.1) is 0 Å². The van der Waals surface area contributed by atoms with E-state index in [1.165, 1.54) is 0 Å². The number of rotatable bonds is 3. The molecule has 0 bridgehead atoms. The standard InChI is InChI=1S/C12H17NO2/c1-8-6-9(2)11(10(3)7-8)12(15)13-4-5-14/h6-7,14H,4-5H2,1-3H3,(H,13,15). The summed E-state index contributed by atoms with van der Waals surface area (Å²) in [6.07, 6.45) is 0. The number of aliphatic hydroxyl groups is 1. The highest BCUT2D eigenvalue weighted by molar-refractivity contribution is 5.97. The molecule has 3 heteroatoms. The Morgan fingerprint density at radius 2 is 1.80 bits per heavy atom. The lowest BCUT2D eigenvalue weighted by molar-refractivity contribution is 0.0943. The fourth-order valence-corrected chi connectivity index (χ4v) is 1.80. The zero-order valence-electron chi connectivity index (χ0n) is 9.42. The average molecular weight is 207 g/mol. The van der Waals surface area contributed by atoms with Gasteiger partial charge in [0.05, 0.1) is 6.61 Å². The first-order chi connectivity index (χ1) is 7.06. The third-order valence-corrected chi connectivity index (χ3v) is 2.30. The summed E-state index contributed by atoms with van der Waals surface area (Å²) in [7, 11) is 0. The molecule has 0 fully saturated rings. The summed E-state index contributed by atoms with van der Waals surface area (Å²) in [4.78, 5) is 11.7. The Bertz CT molecular complexity index is 349. The van der Waals surface area contributed by atoms with E-state index in [1.807, 2.05) is 32.9 Å². The first kappa shape index (κ1) is 11.7. The van der Waals surface area contributed by atoms with Crippen molar-refractivity contribution in [1.29, 1.82) is 0 Å². The van der Waals surface area contributed by atoms with Crippen LogP contribution in [0.3, 0.4) is 0 Å². The molecule has 1 amide bonds. The molecule has 15 heavy (non-hydrogen) atoms. The maximum atomic E-state index is 11.7. The molecule has 0 saturated carbocycles. The number of hydrogen-bond donors (Lipinski definition) is 2. The summed E-state index contributed by atoms with van der Waals surface area (Å²) in [6, 6.07) is 3.97. The molecule has 0 unspecified atom stereocenters. The number of carbonyl (C=O) groups excluding carboxylic acids is 1. The number of nitrogens with one attached hydrogen (secondary N) is 1. The molecule has 1 aromatic rings. The summed E-state index contributed by atoms with van der Waals surface area (Å²) < 4.78 is 0. The van der Waals surface area contributed by atoms with Gasteiger partial charge >= 0.3 is 0 Å². The maximum absolute atomic E-state index is 11.7. The van der Waals surface area contributed by atoms with Crippen molar-refractivity contribution < 1.29 is 9.90 Å². The third-order valence-electron chi connectivity index (χ3n) is 2.30. The SMILES string of the molecule is Cc1cc(C)c(C(=O)NCCO)c(C)c1. The molecule has 0 heterocycles. The van der Waals surface area contributed by atoms with Gasteiger partial charge in [-0.1, -0.05) is 17.7 Å². The van der Waals surface area contributed by atoms with E-state index in [2.05, 4.69) is 5.32 Å². The molecule has 82 valence electrons. The zero-order valence-corrected chi connectivity index (χ0v) is 9.42. The second-order valence-corrected chi connectivity index (χ2v) is 3.75. The molecule has 0 aromatic heterocycles. The van der Waals surface area contributed by atoms with Gasteiger partial charge in [-0.3, -0.25) is 4.79 Å². The normalized spacial score (nSPS) is 10.1.